The average molecular weight is 423 g/mol. The predicted octanol–water partition coefficient (Wildman–Crippen LogP) is 4.32. The Morgan fingerprint density at radius 2 is 1.68 bits per heavy atom. The topological polar surface area (TPSA) is 72.8 Å². The summed E-state index contributed by atoms with van der Waals surface area (Å²) in [7, 11) is 4.94. The van der Waals surface area contributed by atoms with Gasteiger partial charge in [-0.15, -0.1) is 0 Å². The molecule has 1 aliphatic rings. The predicted molar refractivity (Wildman–Crippen MR) is 122 cm³/mol. The van der Waals surface area contributed by atoms with Gasteiger partial charge in [-0.2, -0.15) is 0 Å². The molecule has 0 atom stereocenters. The van der Waals surface area contributed by atoms with Crippen molar-refractivity contribution < 1.29 is 19.3 Å². The molecule has 1 heterocycles. The van der Waals surface area contributed by atoms with Crippen LogP contribution in [0.25, 0.3) is 22.2 Å². The normalized spacial score (nSPS) is 18.7. The van der Waals surface area contributed by atoms with Gasteiger partial charge in [0, 0.05) is 29.6 Å². The van der Waals surface area contributed by atoms with Crippen LogP contribution in [0.3, 0.4) is 0 Å². The third kappa shape index (κ3) is 4.75. The Bertz CT molecular complexity index is 1050. The Hall–Kier alpha value is -2.83. The summed E-state index contributed by atoms with van der Waals surface area (Å²) in [5.41, 5.74) is 3.88. The number of aliphatic hydroxyl groups is 1. The second kappa shape index (κ2) is 9.54. The molecular formula is C25H30N2O4. The van der Waals surface area contributed by atoms with E-state index < -0.39 is 0 Å². The number of benzene rings is 2. The molecule has 4 rings (SSSR count). The maximum absolute atomic E-state index is 9.79. The summed E-state index contributed by atoms with van der Waals surface area (Å²) < 4.78 is 16.3. The molecule has 0 spiro atoms. The highest BCUT2D eigenvalue weighted by atomic mass is 16.5. The molecule has 1 saturated carbocycles. The lowest BCUT2D eigenvalue weighted by atomic mass is 9.93. The van der Waals surface area contributed by atoms with Crippen LogP contribution < -0.4 is 19.5 Å². The van der Waals surface area contributed by atoms with E-state index in [9.17, 15) is 5.11 Å². The summed E-state index contributed by atoms with van der Waals surface area (Å²) >= 11 is 0. The maximum atomic E-state index is 9.79. The Labute approximate surface area is 183 Å². The molecular weight excluding hydrogens is 392 g/mol. The first-order valence-electron chi connectivity index (χ1n) is 10.7. The van der Waals surface area contributed by atoms with Crippen molar-refractivity contribution in [1.82, 2.24) is 10.3 Å². The number of nitrogens with one attached hydrogen (secondary N) is 1. The van der Waals surface area contributed by atoms with Crippen molar-refractivity contribution in [2.75, 3.05) is 21.3 Å². The number of methoxy groups -OCH3 is 3. The lowest BCUT2D eigenvalue weighted by molar-refractivity contribution is 0.116. The van der Waals surface area contributed by atoms with Gasteiger partial charge >= 0.3 is 0 Å². The average Bonchev–Trinajstić information content (AvgIpc) is 2.82. The van der Waals surface area contributed by atoms with E-state index in [1.807, 2.05) is 36.4 Å². The molecule has 1 fully saturated rings. The lowest BCUT2D eigenvalue weighted by Crippen LogP contribution is -2.34. The van der Waals surface area contributed by atoms with Gasteiger partial charge in [0.05, 0.1) is 38.6 Å². The van der Waals surface area contributed by atoms with Crippen LogP contribution in [0.1, 0.15) is 31.2 Å². The Morgan fingerprint density at radius 1 is 0.903 bits per heavy atom. The van der Waals surface area contributed by atoms with Crippen molar-refractivity contribution in [1.29, 1.82) is 0 Å². The van der Waals surface area contributed by atoms with E-state index in [-0.39, 0.29) is 6.10 Å². The van der Waals surface area contributed by atoms with Crippen molar-refractivity contribution >= 4 is 10.9 Å². The van der Waals surface area contributed by atoms with Crippen LogP contribution in [-0.2, 0) is 6.54 Å². The van der Waals surface area contributed by atoms with Gasteiger partial charge in [0.15, 0.2) is 11.5 Å². The minimum atomic E-state index is -0.155. The lowest BCUT2D eigenvalue weighted by Gasteiger charge is -2.26. The minimum Gasteiger partial charge on any atom is -0.497 e. The summed E-state index contributed by atoms with van der Waals surface area (Å²) in [6.07, 6.45) is 3.54. The number of pyridine rings is 1. The zero-order valence-electron chi connectivity index (χ0n) is 18.4. The van der Waals surface area contributed by atoms with Gasteiger partial charge in [0.2, 0.25) is 0 Å². The molecule has 0 unspecified atom stereocenters. The maximum Gasteiger partial charge on any atom is 0.161 e. The number of hydrogen-bond acceptors (Lipinski definition) is 6. The van der Waals surface area contributed by atoms with E-state index in [1.54, 1.807) is 21.3 Å². The third-order valence-electron chi connectivity index (χ3n) is 6.04. The van der Waals surface area contributed by atoms with Crippen LogP contribution in [-0.4, -0.2) is 43.6 Å². The molecule has 1 aromatic heterocycles. The van der Waals surface area contributed by atoms with Crippen molar-refractivity contribution in [3.05, 3.63) is 48.0 Å². The third-order valence-corrected chi connectivity index (χ3v) is 6.04. The van der Waals surface area contributed by atoms with E-state index >= 15 is 0 Å². The Kier molecular flexibility index (Phi) is 6.59. The molecule has 6 nitrogen and oxygen atoms in total. The fraction of sp³-hybridized carbons (Fsp3) is 0.400. The molecule has 0 aliphatic heterocycles. The summed E-state index contributed by atoms with van der Waals surface area (Å²) in [6.45, 7) is 0.708. The first-order valence-corrected chi connectivity index (χ1v) is 10.7. The molecule has 1 aliphatic carbocycles. The highest BCUT2D eigenvalue weighted by Gasteiger charge is 2.20. The summed E-state index contributed by atoms with van der Waals surface area (Å²) in [6, 6.07) is 14.4. The first kappa shape index (κ1) is 21.4. The van der Waals surface area contributed by atoms with E-state index in [4.69, 9.17) is 19.2 Å². The smallest absolute Gasteiger partial charge is 0.161 e. The van der Waals surface area contributed by atoms with Crippen LogP contribution in [0, 0.1) is 0 Å². The second-order valence-electron chi connectivity index (χ2n) is 8.01. The van der Waals surface area contributed by atoms with Gasteiger partial charge in [-0.05, 0) is 67.6 Å². The summed E-state index contributed by atoms with van der Waals surface area (Å²) in [5, 5.41) is 14.5. The van der Waals surface area contributed by atoms with E-state index in [0.29, 0.717) is 24.1 Å². The van der Waals surface area contributed by atoms with E-state index in [0.717, 1.165) is 59.2 Å². The Morgan fingerprint density at radius 3 is 2.39 bits per heavy atom. The highest BCUT2D eigenvalue weighted by Crippen LogP contribution is 2.34. The van der Waals surface area contributed by atoms with Crippen molar-refractivity contribution in [3.63, 3.8) is 0 Å². The number of nitrogens with zero attached hydrogens (tertiary/aromatic N) is 1. The molecule has 0 amide bonds. The van der Waals surface area contributed by atoms with Crippen LogP contribution in [0.5, 0.6) is 17.2 Å². The standard InChI is InChI=1S/C25H30N2O4/c1-29-21-10-4-16-12-18(15-26-19-6-8-20(28)9-7-19)25(27-22(16)14-21)17-5-11-23(30-2)24(13-17)31-3/h4-5,10-14,19-20,26,28H,6-9,15H2,1-3H3. The molecule has 2 aromatic carbocycles. The van der Waals surface area contributed by atoms with Crippen LogP contribution in [0.2, 0.25) is 0 Å². The number of rotatable bonds is 7. The van der Waals surface area contributed by atoms with Gasteiger partial charge in [-0.25, -0.2) is 4.98 Å². The zero-order valence-corrected chi connectivity index (χ0v) is 18.4. The second-order valence-corrected chi connectivity index (χ2v) is 8.01. The van der Waals surface area contributed by atoms with Gasteiger partial charge in [-0.1, -0.05) is 0 Å². The van der Waals surface area contributed by atoms with Crippen LogP contribution in [0.15, 0.2) is 42.5 Å². The van der Waals surface area contributed by atoms with E-state index in [2.05, 4.69) is 11.4 Å². The largest absolute Gasteiger partial charge is 0.497 e. The van der Waals surface area contributed by atoms with Gasteiger partial charge < -0.3 is 24.6 Å². The van der Waals surface area contributed by atoms with Crippen molar-refractivity contribution in [3.8, 4) is 28.5 Å². The molecule has 164 valence electrons. The summed E-state index contributed by atoms with van der Waals surface area (Å²) in [4.78, 5) is 5.00. The fourth-order valence-corrected chi connectivity index (χ4v) is 4.22. The van der Waals surface area contributed by atoms with Crippen molar-refractivity contribution in [2.45, 2.75) is 44.4 Å². The monoisotopic (exact) mass is 422 g/mol. The first-order chi connectivity index (χ1) is 15.1. The molecule has 2 N–H and O–H groups in total. The van der Waals surface area contributed by atoms with E-state index in [1.165, 1.54) is 0 Å². The number of aliphatic hydroxyl groups excluding tert-OH is 1. The minimum absolute atomic E-state index is 0.155. The fourth-order valence-electron chi connectivity index (χ4n) is 4.22. The zero-order chi connectivity index (χ0) is 21.8. The highest BCUT2D eigenvalue weighted by molar-refractivity contribution is 5.85. The van der Waals surface area contributed by atoms with Gasteiger partial charge in [-0.3, -0.25) is 0 Å². The number of fused-ring (bicyclic) bond motifs is 1. The molecule has 6 heteroatoms. The van der Waals surface area contributed by atoms with Crippen LogP contribution in [0.4, 0.5) is 0 Å². The molecule has 0 radical (unpaired) electrons. The van der Waals surface area contributed by atoms with Crippen molar-refractivity contribution in [2.24, 2.45) is 0 Å². The van der Waals surface area contributed by atoms with Crippen LogP contribution >= 0.6 is 0 Å². The summed E-state index contributed by atoms with van der Waals surface area (Å²) in [5.74, 6) is 2.15. The number of aromatic nitrogens is 1. The molecule has 31 heavy (non-hydrogen) atoms. The number of ether oxygens (including phenoxy) is 3. The quantitative estimate of drug-likeness (QED) is 0.591. The SMILES string of the molecule is COc1ccc2cc(CNC3CCC(O)CC3)c(-c3ccc(OC)c(OC)c3)nc2c1. The number of hydrogen-bond donors (Lipinski definition) is 2. The molecule has 0 bridgehead atoms. The molecule has 0 saturated heterocycles. The van der Waals surface area contributed by atoms with Gasteiger partial charge in [0.1, 0.15) is 5.75 Å². The van der Waals surface area contributed by atoms with Gasteiger partial charge in [0.25, 0.3) is 0 Å². The molecule has 3 aromatic rings. The Balaban J connectivity index is 1.72.